The van der Waals surface area contributed by atoms with Gasteiger partial charge in [0.25, 0.3) is 5.91 Å². The second-order valence-electron chi connectivity index (χ2n) is 8.60. The molecule has 3 saturated heterocycles. The molecule has 2 amide bonds. The van der Waals surface area contributed by atoms with E-state index in [4.69, 9.17) is 21.7 Å². The Hall–Kier alpha value is -2.20. The lowest BCUT2D eigenvalue weighted by atomic mass is 10.1. The van der Waals surface area contributed by atoms with Crippen LogP contribution in [0.2, 0.25) is 0 Å². The maximum absolute atomic E-state index is 13.1. The molecule has 1 aromatic heterocycles. The van der Waals surface area contributed by atoms with Crippen molar-refractivity contribution in [3.05, 3.63) is 40.9 Å². The summed E-state index contributed by atoms with van der Waals surface area (Å²) in [5.41, 5.74) is 1.85. The van der Waals surface area contributed by atoms with Crippen LogP contribution in [0, 0.1) is 0 Å². The van der Waals surface area contributed by atoms with Crippen LogP contribution in [0.1, 0.15) is 31.2 Å². The summed E-state index contributed by atoms with van der Waals surface area (Å²) >= 11 is 6.81. The van der Waals surface area contributed by atoms with Crippen LogP contribution in [-0.4, -0.2) is 64.1 Å². The summed E-state index contributed by atoms with van der Waals surface area (Å²) in [6.07, 6.45) is 8.01. The number of aromatic nitrogens is 1. The summed E-state index contributed by atoms with van der Waals surface area (Å²) in [7, 11) is 0. The number of fused-ring (bicyclic) bond motifs is 1. The smallest absolute Gasteiger partial charge is 0.266 e. The van der Waals surface area contributed by atoms with Gasteiger partial charge in [-0.3, -0.25) is 14.5 Å². The van der Waals surface area contributed by atoms with Gasteiger partial charge in [-0.2, -0.15) is 0 Å². The van der Waals surface area contributed by atoms with Crippen molar-refractivity contribution in [3.63, 3.8) is 0 Å². The van der Waals surface area contributed by atoms with E-state index in [1.165, 1.54) is 11.8 Å². The van der Waals surface area contributed by atoms with E-state index in [1.54, 1.807) is 4.90 Å². The van der Waals surface area contributed by atoms with Crippen molar-refractivity contribution in [3.8, 4) is 0 Å². The summed E-state index contributed by atoms with van der Waals surface area (Å²) < 4.78 is 13.8. The number of amides is 2. The number of carbonyl (C=O) groups excluding carboxylic acids is 2. The van der Waals surface area contributed by atoms with E-state index in [0.717, 1.165) is 55.4 Å². The lowest BCUT2D eigenvalue weighted by Gasteiger charge is -2.18. The third-order valence-corrected chi connectivity index (χ3v) is 7.63. The minimum Gasteiger partial charge on any atom is -0.376 e. The van der Waals surface area contributed by atoms with Gasteiger partial charge >= 0.3 is 0 Å². The molecule has 0 saturated carbocycles. The summed E-state index contributed by atoms with van der Waals surface area (Å²) in [4.78, 5) is 27.9. The van der Waals surface area contributed by atoms with Crippen LogP contribution < -0.4 is 5.32 Å². The zero-order chi connectivity index (χ0) is 22.8. The molecule has 3 fully saturated rings. The number of thioether (sulfide) groups is 1. The molecule has 9 heteroatoms. The maximum Gasteiger partial charge on any atom is 0.266 e. The fraction of sp³-hybridized carbons (Fsp3) is 0.458. The largest absolute Gasteiger partial charge is 0.376 e. The van der Waals surface area contributed by atoms with Gasteiger partial charge in [-0.1, -0.05) is 42.2 Å². The van der Waals surface area contributed by atoms with E-state index >= 15 is 0 Å². The SMILES string of the molecule is O=C(Cn1cc(/C=C2\SC(=S)N(C[C@H]3CCCO3)C2=O)c2ccccc21)NC[C@@H]1CCCO1. The highest BCUT2D eigenvalue weighted by molar-refractivity contribution is 8.26. The number of rotatable bonds is 7. The van der Waals surface area contributed by atoms with Crippen LogP contribution in [0.3, 0.4) is 0 Å². The van der Waals surface area contributed by atoms with Crippen molar-refractivity contribution in [2.24, 2.45) is 0 Å². The minimum atomic E-state index is -0.0772. The number of nitrogens with one attached hydrogen (secondary N) is 1. The Bertz CT molecular complexity index is 1100. The van der Waals surface area contributed by atoms with Gasteiger partial charge in [0, 0.05) is 42.4 Å². The summed E-state index contributed by atoms with van der Waals surface area (Å²) in [5.74, 6) is -0.132. The first-order valence-electron chi connectivity index (χ1n) is 11.4. The molecule has 0 spiro atoms. The van der Waals surface area contributed by atoms with E-state index in [1.807, 2.05) is 41.1 Å². The number of carbonyl (C=O) groups is 2. The van der Waals surface area contributed by atoms with Crippen LogP contribution >= 0.6 is 24.0 Å². The number of hydrogen-bond donors (Lipinski definition) is 1. The molecule has 7 nitrogen and oxygen atoms in total. The maximum atomic E-state index is 13.1. The monoisotopic (exact) mass is 485 g/mol. The molecular weight excluding hydrogens is 458 g/mol. The van der Waals surface area contributed by atoms with Gasteiger partial charge in [0.05, 0.1) is 23.7 Å². The van der Waals surface area contributed by atoms with E-state index < -0.39 is 0 Å². The number of nitrogens with zero attached hydrogens (tertiary/aromatic N) is 2. The third-order valence-electron chi connectivity index (χ3n) is 6.25. The molecule has 0 aliphatic carbocycles. The van der Waals surface area contributed by atoms with Crippen molar-refractivity contribution in [1.29, 1.82) is 0 Å². The van der Waals surface area contributed by atoms with Gasteiger partial charge in [-0.15, -0.1) is 0 Å². The number of hydrogen-bond acceptors (Lipinski definition) is 6. The normalized spacial score (nSPS) is 24.5. The quantitative estimate of drug-likeness (QED) is 0.479. The molecule has 2 aromatic rings. The highest BCUT2D eigenvalue weighted by atomic mass is 32.2. The van der Waals surface area contributed by atoms with E-state index in [-0.39, 0.29) is 30.6 Å². The zero-order valence-electron chi connectivity index (χ0n) is 18.3. The molecule has 3 aliphatic heterocycles. The molecule has 2 atom stereocenters. The number of para-hydroxylation sites is 1. The Labute approximate surface area is 202 Å². The second kappa shape index (κ2) is 9.97. The van der Waals surface area contributed by atoms with Gasteiger partial charge in [0.15, 0.2) is 0 Å². The first-order valence-corrected chi connectivity index (χ1v) is 12.6. The lowest BCUT2D eigenvalue weighted by molar-refractivity contribution is -0.123. The first-order chi connectivity index (χ1) is 16.1. The van der Waals surface area contributed by atoms with Crippen LogP contribution in [0.15, 0.2) is 35.4 Å². The third kappa shape index (κ3) is 5.01. The van der Waals surface area contributed by atoms with Crippen molar-refractivity contribution in [2.45, 2.75) is 44.4 Å². The lowest BCUT2D eigenvalue weighted by Crippen LogP contribution is -2.35. The van der Waals surface area contributed by atoms with Gasteiger partial charge in [0.1, 0.15) is 10.9 Å². The molecule has 0 unspecified atom stereocenters. The Balaban J connectivity index is 1.33. The fourth-order valence-corrected chi connectivity index (χ4v) is 5.82. The van der Waals surface area contributed by atoms with E-state index in [2.05, 4.69) is 5.32 Å². The van der Waals surface area contributed by atoms with Gasteiger partial charge in [-0.25, -0.2) is 0 Å². The molecule has 4 heterocycles. The molecule has 1 N–H and O–H groups in total. The predicted octanol–water partition coefficient (Wildman–Crippen LogP) is 3.32. The molecule has 0 bridgehead atoms. The standard InChI is InChI=1S/C24H27N3O4S2/c28-22(25-12-17-5-3-9-30-17)15-26-13-16(19-7-1-2-8-20(19)26)11-21-23(29)27(24(32)33-21)14-18-6-4-10-31-18/h1-2,7-8,11,13,17-18H,3-6,9-10,12,14-15H2,(H,25,28)/b21-11-/t17-,18+/m0/s1. The van der Waals surface area contributed by atoms with E-state index in [0.29, 0.717) is 22.3 Å². The summed E-state index contributed by atoms with van der Waals surface area (Å²) in [5, 5.41) is 3.97. The molecule has 0 radical (unpaired) electrons. The summed E-state index contributed by atoms with van der Waals surface area (Å²) in [6, 6.07) is 7.91. The number of benzene rings is 1. The molecular formula is C24H27N3O4S2. The zero-order valence-corrected chi connectivity index (χ0v) is 20.0. The van der Waals surface area contributed by atoms with Gasteiger partial charge < -0.3 is 19.4 Å². The Kier molecular flexibility index (Phi) is 6.82. The number of ether oxygens (including phenoxy) is 2. The first kappa shape index (κ1) is 22.6. The average Bonchev–Trinajstić information content (AvgIpc) is 3.61. The molecule has 1 aromatic carbocycles. The van der Waals surface area contributed by atoms with Crippen LogP contribution in [0.25, 0.3) is 17.0 Å². The second-order valence-corrected chi connectivity index (χ2v) is 10.3. The van der Waals surface area contributed by atoms with Crippen molar-refractivity contribution in [2.75, 3.05) is 26.3 Å². The molecule has 174 valence electrons. The average molecular weight is 486 g/mol. The molecule has 33 heavy (non-hydrogen) atoms. The van der Waals surface area contributed by atoms with Gasteiger partial charge in [-0.05, 0) is 37.8 Å². The Morgan fingerprint density at radius 2 is 1.94 bits per heavy atom. The van der Waals surface area contributed by atoms with Crippen molar-refractivity contribution in [1.82, 2.24) is 14.8 Å². The van der Waals surface area contributed by atoms with Crippen LogP contribution in [0.4, 0.5) is 0 Å². The highest BCUT2D eigenvalue weighted by Crippen LogP contribution is 2.35. The van der Waals surface area contributed by atoms with Crippen LogP contribution in [0.5, 0.6) is 0 Å². The Morgan fingerprint density at radius 1 is 1.18 bits per heavy atom. The van der Waals surface area contributed by atoms with Crippen molar-refractivity contribution < 1.29 is 19.1 Å². The van der Waals surface area contributed by atoms with Gasteiger partial charge in [0.2, 0.25) is 5.91 Å². The van der Waals surface area contributed by atoms with Crippen molar-refractivity contribution >= 4 is 57.1 Å². The highest BCUT2D eigenvalue weighted by Gasteiger charge is 2.34. The molecule has 3 aliphatic rings. The Morgan fingerprint density at radius 3 is 2.70 bits per heavy atom. The topological polar surface area (TPSA) is 72.8 Å². The van der Waals surface area contributed by atoms with Crippen LogP contribution in [-0.2, 0) is 25.6 Å². The fourth-order valence-electron chi connectivity index (χ4n) is 4.56. The minimum absolute atomic E-state index is 0.0549. The predicted molar refractivity (Wildman–Crippen MR) is 133 cm³/mol. The number of thiocarbonyl (C=S) groups is 1. The van der Waals surface area contributed by atoms with E-state index in [9.17, 15) is 9.59 Å². The summed E-state index contributed by atoms with van der Waals surface area (Å²) in [6.45, 7) is 2.77. The molecule has 5 rings (SSSR count).